The van der Waals surface area contributed by atoms with E-state index >= 15 is 0 Å². The van der Waals surface area contributed by atoms with Gasteiger partial charge >= 0.3 is 0 Å². The fourth-order valence-electron chi connectivity index (χ4n) is 3.19. The summed E-state index contributed by atoms with van der Waals surface area (Å²) in [5.41, 5.74) is 3.99. The Morgan fingerprint density at radius 1 is 1.10 bits per heavy atom. The van der Waals surface area contributed by atoms with Crippen molar-refractivity contribution in [3.63, 3.8) is 0 Å². The van der Waals surface area contributed by atoms with Gasteiger partial charge in [-0.15, -0.1) is 0 Å². The summed E-state index contributed by atoms with van der Waals surface area (Å²) in [6.07, 6.45) is 10.3. The number of aryl methyl sites for hydroxylation is 1. The molecule has 1 aliphatic carbocycles. The number of benzene rings is 1. The van der Waals surface area contributed by atoms with Crippen LogP contribution in [0.25, 0.3) is 5.69 Å². The molecule has 2 aromatic rings. The molecule has 110 valence electrons. The van der Waals surface area contributed by atoms with E-state index in [1.807, 2.05) is 23.0 Å². The molecule has 0 saturated heterocycles. The minimum Gasteiger partial charge on any atom is -0.298 e. The van der Waals surface area contributed by atoms with E-state index in [0.29, 0.717) is 5.92 Å². The van der Waals surface area contributed by atoms with E-state index in [0.717, 1.165) is 36.1 Å². The van der Waals surface area contributed by atoms with Gasteiger partial charge in [-0.2, -0.15) is 5.10 Å². The van der Waals surface area contributed by atoms with Crippen LogP contribution in [0.15, 0.2) is 30.5 Å². The maximum atomic E-state index is 11.4. The van der Waals surface area contributed by atoms with Crippen LogP contribution in [0.5, 0.6) is 0 Å². The van der Waals surface area contributed by atoms with Crippen LogP contribution in [-0.2, 0) is 0 Å². The van der Waals surface area contributed by atoms with Crippen LogP contribution >= 0.6 is 0 Å². The van der Waals surface area contributed by atoms with Crippen molar-refractivity contribution in [3.8, 4) is 5.69 Å². The van der Waals surface area contributed by atoms with E-state index in [9.17, 15) is 4.79 Å². The molecule has 1 saturated carbocycles. The monoisotopic (exact) mass is 282 g/mol. The zero-order valence-electron chi connectivity index (χ0n) is 12.6. The van der Waals surface area contributed by atoms with Crippen LogP contribution in [0.1, 0.15) is 66.1 Å². The molecule has 3 heteroatoms. The molecule has 1 aliphatic rings. The van der Waals surface area contributed by atoms with Crippen molar-refractivity contribution in [1.82, 2.24) is 9.78 Å². The van der Waals surface area contributed by atoms with Crippen molar-refractivity contribution in [2.45, 2.75) is 51.4 Å². The molecule has 0 N–H and O–H groups in total. The number of nitrogens with zero attached hydrogens (tertiary/aromatic N) is 2. The first-order valence-corrected chi connectivity index (χ1v) is 7.90. The largest absolute Gasteiger partial charge is 0.298 e. The Hall–Kier alpha value is -1.90. The third kappa shape index (κ3) is 3.07. The smallest absolute Gasteiger partial charge is 0.153 e. The molecule has 0 atom stereocenters. The molecule has 0 radical (unpaired) electrons. The zero-order chi connectivity index (χ0) is 14.7. The lowest BCUT2D eigenvalue weighted by Crippen LogP contribution is -2.02. The average molecular weight is 282 g/mol. The number of hydrogen-bond acceptors (Lipinski definition) is 2. The molecule has 1 fully saturated rings. The van der Waals surface area contributed by atoms with Crippen molar-refractivity contribution in [1.29, 1.82) is 0 Å². The fraction of sp³-hybridized carbons (Fsp3) is 0.444. The first-order chi connectivity index (χ1) is 10.3. The van der Waals surface area contributed by atoms with Crippen LogP contribution in [0.3, 0.4) is 0 Å². The molecule has 0 bridgehead atoms. The molecule has 1 aromatic heterocycles. The maximum absolute atomic E-state index is 11.4. The lowest BCUT2D eigenvalue weighted by Gasteiger charge is -2.11. The highest BCUT2D eigenvalue weighted by molar-refractivity contribution is 5.76. The summed E-state index contributed by atoms with van der Waals surface area (Å²) >= 11 is 0. The van der Waals surface area contributed by atoms with Gasteiger partial charge in [0.15, 0.2) is 6.29 Å². The standard InChI is InChI=1S/C18H22N2O/c1-14-8-10-17(11-9-14)20-12-16(13-21)18(19-20)15-6-4-2-3-5-7-15/h8-13,15H,2-7H2,1H3. The van der Waals surface area contributed by atoms with Gasteiger partial charge < -0.3 is 0 Å². The molecule has 0 aliphatic heterocycles. The normalized spacial score (nSPS) is 16.6. The summed E-state index contributed by atoms with van der Waals surface area (Å²) < 4.78 is 1.85. The summed E-state index contributed by atoms with van der Waals surface area (Å²) in [7, 11) is 0. The highest BCUT2D eigenvalue weighted by Gasteiger charge is 2.21. The molecular formula is C18H22N2O. The Labute approximate surface area is 126 Å². The lowest BCUT2D eigenvalue weighted by atomic mass is 9.94. The van der Waals surface area contributed by atoms with E-state index in [-0.39, 0.29) is 0 Å². The van der Waals surface area contributed by atoms with Gasteiger partial charge in [0.2, 0.25) is 0 Å². The Bertz CT molecular complexity index is 605. The number of aromatic nitrogens is 2. The fourth-order valence-corrected chi connectivity index (χ4v) is 3.19. The summed E-state index contributed by atoms with van der Waals surface area (Å²) in [5.74, 6) is 0.444. The van der Waals surface area contributed by atoms with Gasteiger partial charge in [-0.3, -0.25) is 4.79 Å². The van der Waals surface area contributed by atoms with E-state index in [1.165, 1.54) is 31.2 Å². The van der Waals surface area contributed by atoms with Crippen LogP contribution in [0.4, 0.5) is 0 Å². The number of carbonyl (C=O) groups excluding carboxylic acids is 1. The molecule has 0 amide bonds. The van der Waals surface area contributed by atoms with Crippen LogP contribution < -0.4 is 0 Å². The quantitative estimate of drug-likeness (QED) is 0.616. The van der Waals surface area contributed by atoms with Gasteiger partial charge in [-0.05, 0) is 31.9 Å². The lowest BCUT2D eigenvalue weighted by molar-refractivity contribution is 0.112. The molecule has 1 aromatic carbocycles. The van der Waals surface area contributed by atoms with Gasteiger partial charge in [0.25, 0.3) is 0 Å². The Balaban J connectivity index is 1.93. The highest BCUT2D eigenvalue weighted by atomic mass is 16.1. The first kappa shape index (κ1) is 14.1. The minimum atomic E-state index is 0.444. The summed E-state index contributed by atoms with van der Waals surface area (Å²) in [5, 5.41) is 4.73. The van der Waals surface area contributed by atoms with E-state index in [4.69, 9.17) is 5.10 Å². The topological polar surface area (TPSA) is 34.9 Å². The Morgan fingerprint density at radius 2 is 1.76 bits per heavy atom. The Kier molecular flexibility index (Phi) is 4.18. The summed E-state index contributed by atoms with van der Waals surface area (Å²) in [6.45, 7) is 2.07. The van der Waals surface area contributed by atoms with E-state index < -0.39 is 0 Å². The van der Waals surface area contributed by atoms with Crippen molar-refractivity contribution in [3.05, 3.63) is 47.3 Å². The molecule has 3 rings (SSSR count). The number of carbonyl (C=O) groups is 1. The van der Waals surface area contributed by atoms with E-state index in [2.05, 4.69) is 19.1 Å². The van der Waals surface area contributed by atoms with Crippen molar-refractivity contribution in [2.24, 2.45) is 0 Å². The predicted molar refractivity (Wildman–Crippen MR) is 84.1 cm³/mol. The third-order valence-corrected chi connectivity index (χ3v) is 4.44. The highest BCUT2D eigenvalue weighted by Crippen LogP contribution is 2.32. The van der Waals surface area contributed by atoms with Gasteiger partial charge in [0.05, 0.1) is 16.9 Å². The second kappa shape index (κ2) is 6.25. The summed E-state index contributed by atoms with van der Waals surface area (Å²) in [6, 6.07) is 8.24. The van der Waals surface area contributed by atoms with Gasteiger partial charge in [0.1, 0.15) is 0 Å². The van der Waals surface area contributed by atoms with Crippen LogP contribution in [-0.4, -0.2) is 16.1 Å². The molecule has 0 spiro atoms. The molecule has 21 heavy (non-hydrogen) atoms. The second-order valence-electron chi connectivity index (χ2n) is 6.06. The second-order valence-corrected chi connectivity index (χ2v) is 6.06. The average Bonchev–Trinajstić information content (AvgIpc) is 2.75. The van der Waals surface area contributed by atoms with Gasteiger partial charge in [-0.1, -0.05) is 43.4 Å². The first-order valence-electron chi connectivity index (χ1n) is 7.90. The molecule has 3 nitrogen and oxygen atoms in total. The Morgan fingerprint density at radius 3 is 2.38 bits per heavy atom. The number of hydrogen-bond donors (Lipinski definition) is 0. The van der Waals surface area contributed by atoms with Crippen molar-refractivity contribution in [2.75, 3.05) is 0 Å². The predicted octanol–water partition coefficient (Wildman–Crippen LogP) is 4.43. The minimum absolute atomic E-state index is 0.444. The van der Waals surface area contributed by atoms with Gasteiger partial charge in [-0.25, -0.2) is 4.68 Å². The van der Waals surface area contributed by atoms with Crippen molar-refractivity contribution >= 4 is 6.29 Å². The number of aldehydes is 1. The van der Waals surface area contributed by atoms with E-state index in [1.54, 1.807) is 0 Å². The maximum Gasteiger partial charge on any atom is 0.153 e. The van der Waals surface area contributed by atoms with Crippen molar-refractivity contribution < 1.29 is 4.79 Å². The SMILES string of the molecule is Cc1ccc(-n2cc(C=O)c(C3CCCCCC3)n2)cc1. The molecule has 1 heterocycles. The van der Waals surface area contributed by atoms with Crippen LogP contribution in [0.2, 0.25) is 0 Å². The molecular weight excluding hydrogens is 260 g/mol. The van der Waals surface area contributed by atoms with Gasteiger partial charge in [0, 0.05) is 12.1 Å². The third-order valence-electron chi connectivity index (χ3n) is 4.44. The van der Waals surface area contributed by atoms with Crippen LogP contribution in [0, 0.1) is 6.92 Å². The number of rotatable bonds is 3. The molecule has 0 unspecified atom stereocenters. The zero-order valence-corrected chi connectivity index (χ0v) is 12.6. The summed E-state index contributed by atoms with van der Waals surface area (Å²) in [4.78, 5) is 11.4.